The molecule has 6 heteroatoms. The van der Waals surface area contributed by atoms with Gasteiger partial charge in [-0.25, -0.2) is 4.98 Å². The van der Waals surface area contributed by atoms with Crippen LogP contribution in [0.15, 0.2) is 30.5 Å². The molecule has 6 nitrogen and oxygen atoms in total. The minimum Gasteiger partial charge on any atom is -0.353 e. The van der Waals surface area contributed by atoms with Crippen LogP contribution in [0, 0.1) is 13.8 Å². The van der Waals surface area contributed by atoms with Gasteiger partial charge in [0, 0.05) is 51.0 Å². The van der Waals surface area contributed by atoms with Gasteiger partial charge in [-0.1, -0.05) is 17.2 Å². The predicted molar refractivity (Wildman–Crippen MR) is 108 cm³/mol. The third kappa shape index (κ3) is 3.89. The number of benzene rings is 1. The standard InChI is InChI=1S/C21H27N5O/c1-16-13-17(2)15-18(14-16)20(27)25-11-9-24(10-12-25)19-5-6-22-21(23-19)26-7-3-4-8-26/h5-6,13-15H,3-4,7-12H2,1-2H3. The lowest BCUT2D eigenvalue weighted by atomic mass is 10.1. The summed E-state index contributed by atoms with van der Waals surface area (Å²) in [5, 5.41) is 0. The van der Waals surface area contributed by atoms with Gasteiger partial charge in [0.1, 0.15) is 5.82 Å². The number of aryl methyl sites for hydroxylation is 2. The highest BCUT2D eigenvalue weighted by Gasteiger charge is 2.24. The summed E-state index contributed by atoms with van der Waals surface area (Å²) in [6, 6.07) is 8.03. The molecule has 27 heavy (non-hydrogen) atoms. The summed E-state index contributed by atoms with van der Waals surface area (Å²) < 4.78 is 0. The Morgan fingerprint density at radius 3 is 2.22 bits per heavy atom. The highest BCUT2D eigenvalue weighted by Crippen LogP contribution is 2.20. The normalized spacial score (nSPS) is 17.5. The minimum atomic E-state index is 0.127. The maximum Gasteiger partial charge on any atom is 0.253 e. The Kier molecular flexibility index (Phi) is 4.97. The first-order valence-electron chi connectivity index (χ1n) is 9.81. The summed E-state index contributed by atoms with van der Waals surface area (Å²) in [5.41, 5.74) is 3.05. The van der Waals surface area contributed by atoms with Gasteiger partial charge in [0.05, 0.1) is 0 Å². The number of nitrogens with zero attached hydrogens (tertiary/aromatic N) is 5. The molecule has 0 radical (unpaired) electrons. The van der Waals surface area contributed by atoms with Gasteiger partial charge in [-0.2, -0.15) is 4.98 Å². The number of carbonyl (C=O) groups excluding carboxylic acids is 1. The van der Waals surface area contributed by atoms with Crippen LogP contribution in [-0.2, 0) is 0 Å². The van der Waals surface area contributed by atoms with Crippen molar-refractivity contribution >= 4 is 17.7 Å². The van der Waals surface area contributed by atoms with Crippen molar-refractivity contribution in [3.63, 3.8) is 0 Å². The Morgan fingerprint density at radius 1 is 0.889 bits per heavy atom. The lowest BCUT2D eigenvalue weighted by Crippen LogP contribution is -2.49. The summed E-state index contributed by atoms with van der Waals surface area (Å²) in [7, 11) is 0. The van der Waals surface area contributed by atoms with Gasteiger partial charge in [-0.15, -0.1) is 0 Å². The Balaban J connectivity index is 1.41. The van der Waals surface area contributed by atoms with E-state index in [4.69, 9.17) is 4.98 Å². The molecule has 3 heterocycles. The first-order chi connectivity index (χ1) is 13.1. The second kappa shape index (κ2) is 7.55. The van der Waals surface area contributed by atoms with E-state index in [1.54, 1.807) is 0 Å². The van der Waals surface area contributed by atoms with Crippen LogP contribution in [0.5, 0.6) is 0 Å². The number of carbonyl (C=O) groups is 1. The molecular formula is C21H27N5O. The average molecular weight is 365 g/mol. The Labute approximate surface area is 160 Å². The van der Waals surface area contributed by atoms with E-state index >= 15 is 0 Å². The van der Waals surface area contributed by atoms with E-state index in [2.05, 4.69) is 20.9 Å². The topological polar surface area (TPSA) is 52.6 Å². The molecule has 1 amide bonds. The zero-order valence-corrected chi connectivity index (χ0v) is 16.2. The van der Waals surface area contributed by atoms with Crippen LogP contribution in [0.4, 0.5) is 11.8 Å². The van der Waals surface area contributed by atoms with E-state index in [0.29, 0.717) is 0 Å². The van der Waals surface area contributed by atoms with Gasteiger partial charge in [0.15, 0.2) is 0 Å². The van der Waals surface area contributed by atoms with Gasteiger partial charge in [0.25, 0.3) is 5.91 Å². The minimum absolute atomic E-state index is 0.127. The lowest BCUT2D eigenvalue weighted by Gasteiger charge is -2.35. The first-order valence-corrected chi connectivity index (χ1v) is 9.81. The summed E-state index contributed by atoms with van der Waals surface area (Å²) in [6.07, 6.45) is 4.28. The van der Waals surface area contributed by atoms with E-state index in [1.807, 2.05) is 43.1 Å². The molecule has 142 valence electrons. The lowest BCUT2D eigenvalue weighted by molar-refractivity contribution is 0.0746. The van der Waals surface area contributed by atoms with Gasteiger partial charge in [0.2, 0.25) is 5.95 Å². The number of rotatable bonds is 3. The predicted octanol–water partition coefficient (Wildman–Crippen LogP) is 2.66. The van der Waals surface area contributed by atoms with Crippen LogP contribution >= 0.6 is 0 Å². The highest BCUT2D eigenvalue weighted by molar-refractivity contribution is 5.94. The number of aromatic nitrogens is 2. The highest BCUT2D eigenvalue weighted by atomic mass is 16.2. The summed E-state index contributed by atoms with van der Waals surface area (Å²) in [6.45, 7) is 9.19. The van der Waals surface area contributed by atoms with Crippen LogP contribution < -0.4 is 9.80 Å². The van der Waals surface area contributed by atoms with Crippen molar-refractivity contribution in [2.45, 2.75) is 26.7 Å². The largest absolute Gasteiger partial charge is 0.353 e. The third-order valence-corrected chi connectivity index (χ3v) is 5.38. The fourth-order valence-corrected chi connectivity index (χ4v) is 4.00. The molecule has 2 aliphatic heterocycles. The summed E-state index contributed by atoms with van der Waals surface area (Å²) >= 11 is 0. The van der Waals surface area contributed by atoms with Crippen molar-refractivity contribution < 1.29 is 4.79 Å². The molecule has 1 aromatic heterocycles. The Bertz CT molecular complexity index is 803. The van der Waals surface area contributed by atoms with Gasteiger partial charge >= 0.3 is 0 Å². The van der Waals surface area contributed by atoms with E-state index in [1.165, 1.54) is 12.8 Å². The second-order valence-corrected chi connectivity index (χ2v) is 7.56. The van der Waals surface area contributed by atoms with Crippen LogP contribution in [0.25, 0.3) is 0 Å². The first kappa shape index (κ1) is 17.8. The van der Waals surface area contributed by atoms with E-state index in [9.17, 15) is 4.79 Å². The van der Waals surface area contributed by atoms with E-state index < -0.39 is 0 Å². The maximum atomic E-state index is 12.9. The zero-order valence-electron chi connectivity index (χ0n) is 16.2. The molecule has 2 fully saturated rings. The van der Waals surface area contributed by atoms with Crippen molar-refractivity contribution in [1.82, 2.24) is 14.9 Å². The number of amides is 1. The molecule has 2 aliphatic rings. The third-order valence-electron chi connectivity index (χ3n) is 5.38. The van der Waals surface area contributed by atoms with Crippen LogP contribution in [0.3, 0.4) is 0 Å². The molecule has 0 spiro atoms. The molecule has 2 aromatic rings. The van der Waals surface area contributed by atoms with Crippen molar-refractivity contribution in [1.29, 1.82) is 0 Å². The molecule has 1 aromatic carbocycles. The number of hydrogen-bond acceptors (Lipinski definition) is 5. The van der Waals surface area contributed by atoms with E-state index in [0.717, 1.165) is 67.7 Å². The average Bonchev–Trinajstić information content (AvgIpc) is 3.22. The zero-order chi connectivity index (χ0) is 18.8. The quantitative estimate of drug-likeness (QED) is 0.837. The van der Waals surface area contributed by atoms with Crippen molar-refractivity contribution in [2.75, 3.05) is 49.1 Å². The number of piperazine rings is 1. The van der Waals surface area contributed by atoms with Crippen LogP contribution in [0.1, 0.15) is 34.3 Å². The Hall–Kier alpha value is -2.63. The molecule has 0 bridgehead atoms. The molecule has 4 rings (SSSR count). The summed E-state index contributed by atoms with van der Waals surface area (Å²) in [5.74, 6) is 1.92. The number of anilines is 2. The van der Waals surface area contributed by atoms with Crippen molar-refractivity contribution in [2.24, 2.45) is 0 Å². The molecule has 0 atom stereocenters. The second-order valence-electron chi connectivity index (χ2n) is 7.56. The Morgan fingerprint density at radius 2 is 1.56 bits per heavy atom. The summed E-state index contributed by atoms with van der Waals surface area (Å²) in [4.78, 5) is 28.5. The molecule has 0 unspecified atom stereocenters. The van der Waals surface area contributed by atoms with Crippen molar-refractivity contribution in [3.8, 4) is 0 Å². The SMILES string of the molecule is Cc1cc(C)cc(C(=O)N2CCN(c3ccnc(N4CCCC4)n3)CC2)c1. The van der Waals surface area contributed by atoms with Crippen LogP contribution in [-0.4, -0.2) is 60.0 Å². The monoisotopic (exact) mass is 365 g/mol. The van der Waals surface area contributed by atoms with Gasteiger partial charge in [-0.3, -0.25) is 4.79 Å². The fourth-order valence-electron chi connectivity index (χ4n) is 4.00. The van der Waals surface area contributed by atoms with E-state index in [-0.39, 0.29) is 5.91 Å². The molecule has 0 saturated carbocycles. The molecular weight excluding hydrogens is 338 g/mol. The smallest absolute Gasteiger partial charge is 0.253 e. The molecule has 0 aliphatic carbocycles. The van der Waals surface area contributed by atoms with Crippen molar-refractivity contribution in [3.05, 3.63) is 47.2 Å². The van der Waals surface area contributed by atoms with Crippen LogP contribution in [0.2, 0.25) is 0 Å². The molecule has 0 N–H and O–H groups in total. The molecule has 2 saturated heterocycles. The van der Waals surface area contributed by atoms with Gasteiger partial charge in [-0.05, 0) is 44.9 Å². The van der Waals surface area contributed by atoms with Gasteiger partial charge < -0.3 is 14.7 Å². The maximum absolute atomic E-state index is 12.9. The fraction of sp³-hybridized carbons (Fsp3) is 0.476. The number of hydrogen-bond donors (Lipinski definition) is 0.